The fourth-order valence-corrected chi connectivity index (χ4v) is 5.41. The van der Waals surface area contributed by atoms with Crippen LogP contribution in [0.2, 0.25) is 0 Å². The van der Waals surface area contributed by atoms with Gasteiger partial charge in [-0.15, -0.1) is 0 Å². The molecule has 1 amide bonds. The van der Waals surface area contributed by atoms with Gasteiger partial charge in [0.1, 0.15) is 6.61 Å². The molecule has 1 N–H and O–H groups in total. The predicted molar refractivity (Wildman–Crippen MR) is 153 cm³/mol. The van der Waals surface area contributed by atoms with Crippen molar-refractivity contribution in [2.45, 2.75) is 44.9 Å². The van der Waals surface area contributed by atoms with Gasteiger partial charge in [0, 0.05) is 42.7 Å². The number of para-hydroxylation sites is 2. The molecule has 3 aromatic carbocycles. The molecule has 38 heavy (non-hydrogen) atoms. The second-order valence-corrected chi connectivity index (χ2v) is 10.9. The Labute approximate surface area is 231 Å². The molecule has 0 radical (unpaired) electrons. The highest BCUT2D eigenvalue weighted by Gasteiger charge is 2.27. The van der Waals surface area contributed by atoms with Crippen LogP contribution in [0.5, 0.6) is 0 Å². The number of ether oxygens (including phenoxy) is 1. The summed E-state index contributed by atoms with van der Waals surface area (Å²) in [5, 5.41) is 0. The molecule has 0 bridgehead atoms. The number of H-pyrrole nitrogens is 1. The Bertz CT molecular complexity index is 1410. The Hall–Kier alpha value is -3.36. The van der Waals surface area contributed by atoms with E-state index in [1.54, 1.807) is 4.90 Å². The first kappa shape index (κ1) is 26.3. The number of halogens is 1. The summed E-state index contributed by atoms with van der Waals surface area (Å²) in [6.45, 7) is 5.06. The average molecular weight is 578 g/mol. The van der Waals surface area contributed by atoms with E-state index in [0.29, 0.717) is 19.7 Å². The monoisotopic (exact) mass is 576 g/mol. The van der Waals surface area contributed by atoms with E-state index in [4.69, 9.17) is 4.74 Å². The number of nitrogens with one attached hydrogen (secondary N) is 1. The molecule has 0 aliphatic carbocycles. The van der Waals surface area contributed by atoms with Gasteiger partial charge < -0.3 is 14.6 Å². The van der Waals surface area contributed by atoms with Crippen molar-refractivity contribution in [2.75, 3.05) is 19.7 Å². The number of hydrogen-bond acceptors (Lipinski definition) is 4. The topological polar surface area (TPSA) is 70.6 Å². The van der Waals surface area contributed by atoms with Crippen molar-refractivity contribution in [3.63, 3.8) is 0 Å². The molecule has 198 valence electrons. The highest BCUT2D eigenvalue weighted by Crippen LogP contribution is 2.25. The third-order valence-electron chi connectivity index (χ3n) is 7.31. The predicted octanol–water partition coefficient (Wildman–Crippen LogP) is 5.96. The van der Waals surface area contributed by atoms with E-state index in [1.807, 2.05) is 47.0 Å². The number of rotatable bonds is 8. The molecule has 4 aromatic rings. The number of hydrogen-bond donors (Lipinski definition) is 1. The van der Waals surface area contributed by atoms with Crippen LogP contribution in [0.1, 0.15) is 36.9 Å². The molecular weight excluding hydrogens is 544 g/mol. The summed E-state index contributed by atoms with van der Waals surface area (Å²) in [4.78, 5) is 32.6. The van der Waals surface area contributed by atoms with Crippen molar-refractivity contribution >= 4 is 33.1 Å². The molecule has 2 heterocycles. The van der Waals surface area contributed by atoms with E-state index in [2.05, 4.69) is 69.1 Å². The summed E-state index contributed by atoms with van der Waals surface area (Å²) in [6, 6.07) is 26.5. The zero-order valence-electron chi connectivity index (χ0n) is 21.6. The second-order valence-electron chi connectivity index (χ2n) is 9.98. The van der Waals surface area contributed by atoms with Gasteiger partial charge in [0.05, 0.1) is 11.0 Å². The first-order valence-corrected chi connectivity index (χ1v) is 13.9. The third kappa shape index (κ3) is 6.19. The number of likely N-dealkylation sites (tertiary alicyclic amines) is 1. The van der Waals surface area contributed by atoms with Crippen LogP contribution < -0.4 is 5.69 Å². The van der Waals surface area contributed by atoms with Gasteiger partial charge in [-0.3, -0.25) is 9.47 Å². The molecule has 7 nitrogen and oxygen atoms in total. The lowest BCUT2D eigenvalue weighted by Crippen LogP contribution is -2.42. The smallest absolute Gasteiger partial charge is 0.409 e. The summed E-state index contributed by atoms with van der Waals surface area (Å²) in [5.74, 6) is 0. The van der Waals surface area contributed by atoms with E-state index in [9.17, 15) is 9.59 Å². The van der Waals surface area contributed by atoms with Gasteiger partial charge in [-0.2, -0.15) is 0 Å². The summed E-state index contributed by atoms with van der Waals surface area (Å²) in [7, 11) is 0. The van der Waals surface area contributed by atoms with Gasteiger partial charge in [-0.1, -0.05) is 70.5 Å². The van der Waals surface area contributed by atoms with Crippen LogP contribution in [-0.4, -0.2) is 51.2 Å². The number of amides is 1. The van der Waals surface area contributed by atoms with E-state index < -0.39 is 0 Å². The first-order valence-electron chi connectivity index (χ1n) is 13.1. The SMILES string of the molecule is CC(COC(=O)N1CCC(n2c(=O)[nH]c3ccccc32)CC1)N(Cc1ccccc1)Cc1ccc(Br)cc1. The van der Waals surface area contributed by atoms with Crippen molar-refractivity contribution < 1.29 is 9.53 Å². The minimum Gasteiger partial charge on any atom is -0.448 e. The fraction of sp³-hybridized carbons (Fsp3) is 0.333. The van der Waals surface area contributed by atoms with Crippen molar-refractivity contribution in [3.05, 3.63) is 105 Å². The minimum atomic E-state index is -0.287. The molecule has 0 spiro atoms. The number of fused-ring (bicyclic) bond motifs is 1. The molecule has 1 unspecified atom stereocenters. The molecular formula is C30H33BrN4O3. The van der Waals surface area contributed by atoms with Gasteiger partial charge >= 0.3 is 11.8 Å². The molecule has 0 saturated carbocycles. The van der Waals surface area contributed by atoms with Crippen LogP contribution >= 0.6 is 15.9 Å². The van der Waals surface area contributed by atoms with E-state index in [-0.39, 0.29) is 23.9 Å². The first-order chi connectivity index (χ1) is 18.5. The highest BCUT2D eigenvalue weighted by molar-refractivity contribution is 9.10. The van der Waals surface area contributed by atoms with Crippen molar-refractivity contribution in [1.82, 2.24) is 19.4 Å². The number of carbonyl (C=O) groups is 1. The highest BCUT2D eigenvalue weighted by atomic mass is 79.9. The van der Waals surface area contributed by atoms with Crippen LogP contribution in [0.3, 0.4) is 0 Å². The lowest BCUT2D eigenvalue weighted by molar-refractivity contribution is 0.0567. The number of imidazole rings is 1. The van der Waals surface area contributed by atoms with Crippen molar-refractivity contribution in [3.8, 4) is 0 Å². The molecule has 1 aliphatic rings. The van der Waals surface area contributed by atoms with E-state index in [0.717, 1.165) is 41.4 Å². The standard InChI is InChI=1S/C30H33BrN4O3/c1-22(34(19-23-7-3-2-4-8-23)20-24-11-13-25(31)14-12-24)21-38-30(37)33-17-15-26(16-18-33)35-28-10-6-5-9-27(28)32-29(35)36/h2-14,22,26H,15-21H2,1H3,(H,32,36). The zero-order valence-corrected chi connectivity index (χ0v) is 23.1. The van der Waals surface area contributed by atoms with Crippen LogP contribution in [0.15, 0.2) is 88.1 Å². The molecule has 1 aliphatic heterocycles. The van der Waals surface area contributed by atoms with E-state index >= 15 is 0 Å². The Kier molecular flexibility index (Phi) is 8.29. The number of piperidine rings is 1. The summed E-state index contributed by atoms with van der Waals surface area (Å²) in [6.07, 6.45) is 1.15. The Morgan fingerprint density at radius 3 is 2.32 bits per heavy atom. The summed E-state index contributed by atoms with van der Waals surface area (Å²) < 4.78 is 8.69. The number of carbonyl (C=O) groups excluding carboxylic acids is 1. The number of aromatic amines is 1. The van der Waals surface area contributed by atoms with Gasteiger partial charge in [0.2, 0.25) is 0 Å². The molecule has 8 heteroatoms. The lowest BCUT2D eigenvalue weighted by Gasteiger charge is -2.33. The van der Waals surface area contributed by atoms with Crippen molar-refractivity contribution in [1.29, 1.82) is 0 Å². The van der Waals surface area contributed by atoms with Crippen LogP contribution in [0.4, 0.5) is 4.79 Å². The van der Waals surface area contributed by atoms with Gasteiger partial charge in [-0.05, 0) is 55.2 Å². The van der Waals surface area contributed by atoms with Crippen molar-refractivity contribution in [2.24, 2.45) is 0 Å². The largest absolute Gasteiger partial charge is 0.448 e. The normalized spacial score (nSPS) is 15.2. The maximum absolute atomic E-state index is 13.0. The van der Waals surface area contributed by atoms with Gasteiger partial charge in [0.25, 0.3) is 0 Å². The Morgan fingerprint density at radius 2 is 1.61 bits per heavy atom. The quantitative estimate of drug-likeness (QED) is 0.281. The molecule has 1 fully saturated rings. The zero-order chi connectivity index (χ0) is 26.5. The summed E-state index contributed by atoms with van der Waals surface area (Å²) in [5.41, 5.74) is 4.09. The van der Waals surface area contributed by atoms with Crippen LogP contribution in [0, 0.1) is 0 Å². The van der Waals surface area contributed by atoms with Crippen LogP contribution in [0.25, 0.3) is 11.0 Å². The number of benzene rings is 3. The average Bonchev–Trinajstić information content (AvgIpc) is 3.28. The molecule has 1 aromatic heterocycles. The van der Waals surface area contributed by atoms with Crippen LogP contribution in [-0.2, 0) is 17.8 Å². The maximum atomic E-state index is 13.0. The Balaban J connectivity index is 1.18. The molecule has 1 saturated heterocycles. The summed E-state index contributed by atoms with van der Waals surface area (Å²) >= 11 is 3.51. The minimum absolute atomic E-state index is 0.0325. The fourth-order valence-electron chi connectivity index (χ4n) is 5.14. The number of nitrogens with zero attached hydrogens (tertiary/aromatic N) is 3. The molecule has 1 atom stereocenters. The lowest BCUT2D eigenvalue weighted by atomic mass is 10.0. The van der Waals surface area contributed by atoms with Gasteiger partial charge in [0.15, 0.2) is 0 Å². The third-order valence-corrected chi connectivity index (χ3v) is 7.84. The van der Waals surface area contributed by atoms with E-state index in [1.165, 1.54) is 11.1 Å². The second kappa shape index (κ2) is 12.0. The Morgan fingerprint density at radius 1 is 0.974 bits per heavy atom. The van der Waals surface area contributed by atoms with Gasteiger partial charge in [-0.25, -0.2) is 9.59 Å². The maximum Gasteiger partial charge on any atom is 0.409 e. The molecule has 5 rings (SSSR count). The number of aromatic nitrogens is 2.